The van der Waals surface area contributed by atoms with E-state index in [-0.39, 0.29) is 4.90 Å². The topological polar surface area (TPSA) is 54.5 Å². The van der Waals surface area contributed by atoms with Crippen molar-refractivity contribution >= 4 is 44.2 Å². The number of para-hydroxylation sites is 1. The minimum Gasteiger partial charge on any atom is -0.272 e. The number of halogens is 1. The van der Waals surface area contributed by atoms with Gasteiger partial charge >= 0.3 is 0 Å². The van der Waals surface area contributed by atoms with Crippen molar-refractivity contribution in [2.24, 2.45) is 0 Å². The third kappa shape index (κ3) is 2.69. The van der Waals surface area contributed by atoms with Crippen LogP contribution in [0.4, 0.5) is 5.69 Å². The number of hydrogen-bond acceptors (Lipinski definition) is 3. The van der Waals surface area contributed by atoms with Gasteiger partial charge in [-0.15, -0.1) is 0 Å². The fourth-order valence-electron chi connectivity index (χ4n) is 3.67. The summed E-state index contributed by atoms with van der Waals surface area (Å²) >= 11 is 2.17. The number of hydrogen-bond donors (Lipinski definition) is 0. The number of carbonyl (C=O) groups excluding carboxylic acids is 1. The zero-order chi connectivity index (χ0) is 19.9. The summed E-state index contributed by atoms with van der Waals surface area (Å²) in [6, 6.07) is 23.1. The van der Waals surface area contributed by atoms with Gasteiger partial charge in [-0.1, -0.05) is 88.8 Å². The SMILES string of the molecule is Cc1ccc(S(=O)(=O)N2C(=O)C(CI)(c3ccccc3)c3ccccc32)cc1. The molecule has 0 N–H and O–H groups in total. The number of rotatable bonds is 4. The van der Waals surface area contributed by atoms with E-state index in [1.165, 1.54) is 0 Å². The Morgan fingerprint density at radius 2 is 1.50 bits per heavy atom. The maximum atomic E-state index is 13.7. The fraction of sp³-hybridized carbons (Fsp3) is 0.136. The first-order valence-corrected chi connectivity index (χ1v) is 11.8. The lowest BCUT2D eigenvalue weighted by atomic mass is 9.77. The Kier molecular flexibility index (Phi) is 4.79. The minimum absolute atomic E-state index is 0.110. The van der Waals surface area contributed by atoms with E-state index in [0.717, 1.165) is 21.0 Å². The lowest BCUT2D eigenvalue weighted by molar-refractivity contribution is -0.120. The van der Waals surface area contributed by atoms with Gasteiger partial charge in [0.05, 0.1) is 10.6 Å². The minimum atomic E-state index is -4.03. The molecule has 1 heterocycles. The molecule has 6 heteroatoms. The van der Waals surface area contributed by atoms with Crippen molar-refractivity contribution in [2.45, 2.75) is 17.2 Å². The Balaban J connectivity index is 1.97. The molecule has 3 aromatic carbocycles. The van der Waals surface area contributed by atoms with Gasteiger partial charge in [0.2, 0.25) is 0 Å². The molecule has 0 bridgehead atoms. The molecule has 1 aliphatic heterocycles. The summed E-state index contributed by atoms with van der Waals surface area (Å²) in [6.07, 6.45) is 0. The summed E-state index contributed by atoms with van der Waals surface area (Å²) in [5, 5.41) is 0. The van der Waals surface area contributed by atoms with Crippen molar-refractivity contribution in [3.05, 3.63) is 95.6 Å². The number of sulfonamides is 1. The predicted octanol–water partition coefficient (Wildman–Crippen LogP) is 4.45. The summed E-state index contributed by atoms with van der Waals surface area (Å²) in [4.78, 5) is 13.9. The van der Waals surface area contributed by atoms with Gasteiger partial charge in [0.1, 0.15) is 5.41 Å². The molecule has 4 rings (SSSR count). The molecule has 4 nitrogen and oxygen atoms in total. The zero-order valence-electron chi connectivity index (χ0n) is 15.2. The highest BCUT2D eigenvalue weighted by Crippen LogP contribution is 2.49. The van der Waals surface area contributed by atoms with E-state index in [4.69, 9.17) is 0 Å². The van der Waals surface area contributed by atoms with Gasteiger partial charge in [0.15, 0.2) is 0 Å². The average molecular weight is 503 g/mol. The molecule has 28 heavy (non-hydrogen) atoms. The van der Waals surface area contributed by atoms with Gasteiger partial charge in [-0.05, 0) is 36.2 Å². The molecule has 142 valence electrons. The van der Waals surface area contributed by atoms with Crippen molar-refractivity contribution in [1.29, 1.82) is 0 Å². The van der Waals surface area contributed by atoms with Crippen LogP contribution in [0, 0.1) is 6.92 Å². The molecule has 0 aromatic heterocycles. The van der Waals surface area contributed by atoms with E-state index in [1.54, 1.807) is 36.4 Å². The van der Waals surface area contributed by atoms with Crippen LogP contribution in [0.25, 0.3) is 0 Å². The summed E-state index contributed by atoms with van der Waals surface area (Å²) in [5.74, 6) is -0.435. The molecule has 1 aliphatic rings. The monoisotopic (exact) mass is 503 g/mol. The number of alkyl halides is 1. The highest BCUT2D eigenvalue weighted by Gasteiger charge is 2.55. The predicted molar refractivity (Wildman–Crippen MR) is 118 cm³/mol. The van der Waals surface area contributed by atoms with Crippen molar-refractivity contribution in [3.63, 3.8) is 0 Å². The Labute approximate surface area is 178 Å². The van der Waals surface area contributed by atoms with E-state index in [2.05, 4.69) is 22.6 Å². The molecule has 0 spiro atoms. The first kappa shape index (κ1) is 19.1. The zero-order valence-corrected chi connectivity index (χ0v) is 18.1. The number of anilines is 1. The van der Waals surface area contributed by atoms with Crippen LogP contribution >= 0.6 is 22.6 Å². The van der Waals surface area contributed by atoms with Crippen LogP contribution in [0.1, 0.15) is 16.7 Å². The first-order valence-electron chi connectivity index (χ1n) is 8.80. The first-order chi connectivity index (χ1) is 13.4. The van der Waals surface area contributed by atoms with Gasteiger partial charge in [0.25, 0.3) is 15.9 Å². The lowest BCUT2D eigenvalue weighted by Gasteiger charge is -2.27. The number of benzene rings is 3. The number of amides is 1. The van der Waals surface area contributed by atoms with Crippen LogP contribution in [-0.2, 0) is 20.2 Å². The highest BCUT2D eigenvalue weighted by atomic mass is 127. The van der Waals surface area contributed by atoms with Gasteiger partial charge in [-0.25, -0.2) is 12.7 Å². The standard InChI is InChI=1S/C22H18INO3S/c1-16-11-13-18(14-12-16)28(26,27)24-20-10-6-5-9-19(20)22(15-23,21(24)25)17-7-3-2-4-8-17/h2-14H,15H2,1H3. The number of nitrogens with zero attached hydrogens (tertiary/aromatic N) is 1. The molecule has 1 atom stereocenters. The fourth-order valence-corrected chi connectivity index (χ4v) is 6.33. The molecule has 0 saturated carbocycles. The van der Waals surface area contributed by atoms with Gasteiger partial charge in [-0.3, -0.25) is 4.79 Å². The van der Waals surface area contributed by atoms with Crippen LogP contribution in [-0.4, -0.2) is 18.8 Å². The normalized spacial score (nSPS) is 18.9. The summed E-state index contributed by atoms with van der Waals surface area (Å²) in [5.41, 5.74) is 1.86. The molecule has 0 radical (unpaired) electrons. The largest absolute Gasteiger partial charge is 0.272 e. The maximum absolute atomic E-state index is 13.7. The van der Waals surface area contributed by atoms with E-state index < -0.39 is 21.3 Å². The van der Waals surface area contributed by atoms with Crippen molar-refractivity contribution in [3.8, 4) is 0 Å². The second-order valence-electron chi connectivity index (χ2n) is 6.81. The molecule has 1 amide bonds. The lowest BCUT2D eigenvalue weighted by Crippen LogP contribution is -2.45. The van der Waals surface area contributed by atoms with Crippen LogP contribution in [0.3, 0.4) is 0 Å². The highest BCUT2D eigenvalue weighted by molar-refractivity contribution is 14.1. The summed E-state index contributed by atoms with van der Waals surface area (Å²) < 4.78 is 28.3. The summed E-state index contributed by atoms with van der Waals surface area (Å²) in [6.45, 7) is 1.89. The van der Waals surface area contributed by atoms with Crippen LogP contribution in [0.5, 0.6) is 0 Å². The van der Waals surface area contributed by atoms with Crippen LogP contribution < -0.4 is 4.31 Å². The van der Waals surface area contributed by atoms with E-state index in [9.17, 15) is 13.2 Å². The molecule has 0 aliphatic carbocycles. The molecule has 0 fully saturated rings. The van der Waals surface area contributed by atoms with Gasteiger partial charge in [0, 0.05) is 4.43 Å². The van der Waals surface area contributed by atoms with Gasteiger partial charge < -0.3 is 0 Å². The third-order valence-corrected chi connectivity index (χ3v) is 8.01. The maximum Gasteiger partial charge on any atom is 0.270 e. The van der Waals surface area contributed by atoms with Crippen LogP contribution in [0.15, 0.2) is 83.8 Å². The Morgan fingerprint density at radius 3 is 2.14 bits per heavy atom. The van der Waals surface area contributed by atoms with Crippen molar-refractivity contribution in [2.75, 3.05) is 8.73 Å². The Hall–Kier alpha value is -2.19. The van der Waals surface area contributed by atoms with Crippen LogP contribution in [0.2, 0.25) is 0 Å². The quantitative estimate of drug-likeness (QED) is 0.391. The number of carbonyl (C=O) groups is 1. The third-order valence-electron chi connectivity index (χ3n) is 5.16. The molecular formula is C22H18INO3S. The number of aryl methyl sites for hydroxylation is 1. The van der Waals surface area contributed by atoms with Crippen molar-refractivity contribution < 1.29 is 13.2 Å². The Bertz CT molecular complexity index is 1140. The molecule has 1 unspecified atom stereocenters. The van der Waals surface area contributed by atoms with E-state index in [1.807, 2.05) is 49.4 Å². The van der Waals surface area contributed by atoms with E-state index in [0.29, 0.717) is 10.1 Å². The average Bonchev–Trinajstić information content (AvgIpc) is 2.98. The second kappa shape index (κ2) is 7.00. The number of fused-ring (bicyclic) bond motifs is 1. The molecule has 0 saturated heterocycles. The smallest absolute Gasteiger partial charge is 0.270 e. The Morgan fingerprint density at radius 1 is 0.893 bits per heavy atom. The van der Waals surface area contributed by atoms with E-state index >= 15 is 0 Å². The molecule has 3 aromatic rings. The molecular weight excluding hydrogens is 485 g/mol. The van der Waals surface area contributed by atoms with Gasteiger partial charge in [-0.2, -0.15) is 0 Å². The van der Waals surface area contributed by atoms with Crippen molar-refractivity contribution in [1.82, 2.24) is 0 Å². The summed E-state index contributed by atoms with van der Waals surface area (Å²) in [7, 11) is -4.03. The second-order valence-corrected chi connectivity index (χ2v) is 9.36.